The molecular formula is C11H14N4O4. The van der Waals surface area contributed by atoms with Crippen molar-refractivity contribution >= 4 is 23.6 Å². The molecule has 0 unspecified atom stereocenters. The van der Waals surface area contributed by atoms with Crippen molar-refractivity contribution in [3.63, 3.8) is 0 Å². The van der Waals surface area contributed by atoms with Crippen molar-refractivity contribution in [1.29, 1.82) is 0 Å². The van der Waals surface area contributed by atoms with Gasteiger partial charge in [0.05, 0.1) is 17.8 Å². The van der Waals surface area contributed by atoms with E-state index in [9.17, 15) is 14.4 Å². The first kappa shape index (κ1) is 14.4. The van der Waals surface area contributed by atoms with Gasteiger partial charge in [0.25, 0.3) is 0 Å². The number of rotatable bonds is 5. The quantitative estimate of drug-likeness (QED) is 0.587. The van der Waals surface area contributed by atoms with Crippen molar-refractivity contribution in [3.05, 3.63) is 24.0 Å². The summed E-state index contributed by atoms with van der Waals surface area (Å²) in [7, 11) is 0. The second-order valence-electron chi connectivity index (χ2n) is 3.80. The fourth-order valence-corrected chi connectivity index (χ4v) is 1.33. The number of carbonyl (C=O) groups is 3. The lowest BCUT2D eigenvalue weighted by Gasteiger charge is -2.14. The van der Waals surface area contributed by atoms with E-state index in [-0.39, 0.29) is 0 Å². The monoisotopic (exact) mass is 266 g/mol. The minimum atomic E-state index is -1.37. The lowest BCUT2D eigenvalue weighted by Crippen LogP contribution is -2.45. The van der Waals surface area contributed by atoms with Crippen LogP contribution in [0.5, 0.6) is 0 Å². The molecule has 19 heavy (non-hydrogen) atoms. The van der Waals surface area contributed by atoms with Crippen molar-refractivity contribution in [2.75, 3.05) is 5.32 Å². The zero-order chi connectivity index (χ0) is 14.4. The summed E-state index contributed by atoms with van der Waals surface area (Å²) < 4.78 is 0. The minimum Gasteiger partial charge on any atom is -0.480 e. The van der Waals surface area contributed by atoms with E-state index in [0.29, 0.717) is 11.4 Å². The number of amides is 3. The maximum Gasteiger partial charge on any atom is 0.326 e. The Labute approximate surface area is 109 Å². The van der Waals surface area contributed by atoms with Gasteiger partial charge in [0.2, 0.25) is 5.91 Å². The fraction of sp³-hybridized carbons (Fsp3) is 0.273. The molecule has 0 aliphatic rings. The Balaban J connectivity index is 2.65. The summed E-state index contributed by atoms with van der Waals surface area (Å²) in [6.07, 6.45) is 1.08. The van der Waals surface area contributed by atoms with Crippen LogP contribution >= 0.6 is 0 Å². The van der Waals surface area contributed by atoms with E-state index in [4.69, 9.17) is 10.8 Å². The average molecular weight is 266 g/mol. The largest absolute Gasteiger partial charge is 0.480 e. The zero-order valence-corrected chi connectivity index (χ0v) is 10.2. The van der Waals surface area contributed by atoms with Gasteiger partial charge in [-0.15, -0.1) is 0 Å². The Hall–Kier alpha value is -2.64. The van der Waals surface area contributed by atoms with Crippen LogP contribution in [0.15, 0.2) is 18.3 Å². The number of nitrogens with one attached hydrogen (secondary N) is 2. The molecule has 0 bridgehead atoms. The molecule has 3 amide bonds. The topological polar surface area (TPSA) is 134 Å². The van der Waals surface area contributed by atoms with E-state index in [2.05, 4.69) is 15.6 Å². The average Bonchev–Trinajstić information content (AvgIpc) is 2.30. The highest BCUT2D eigenvalue weighted by Gasteiger charge is 2.22. The second-order valence-corrected chi connectivity index (χ2v) is 3.80. The Morgan fingerprint density at radius 3 is 2.68 bits per heavy atom. The highest BCUT2D eigenvalue weighted by atomic mass is 16.4. The number of hydrogen-bond donors (Lipinski definition) is 4. The molecule has 1 atom stereocenters. The lowest BCUT2D eigenvalue weighted by atomic mass is 10.2. The molecule has 0 aliphatic heterocycles. The highest BCUT2D eigenvalue weighted by Crippen LogP contribution is 2.09. The molecule has 8 heteroatoms. The van der Waals surface area contributed by atoms with Gasteiger partial charge in [0.15, 0.2) is 0 Å². The molecule has 0 aromatic carbocycles. The number of pyridine rings is 1. The number of nitrogens with two attached hydrogens (primary N) is 1. The molecule has 8 nitrogen and oxygen atoms in total. The van der Waals surface area contributed by atoms with E-state index in [1.807, 2.05) is 0 Å². The first-order valence-electron chi connectivity index (χ1n) is 5.40. The maximum absolute atomic E-state index is 11.6. The van der Waals surface area contributed by atoms with Crippen LogP contribution in [0.25, 0.3) is 0 Å². The van der Waals surface area contributed by atoms with Crippen molar-refractivity contribution in [1.82, 2.24) is 10.3 Å². The minimum absolute atomic E-state index is 0.447. The van der Waals surface area contributed by atoms with Crippen molar-refractivity contribution < 1.29 is 19.5 Å². The summed E-state index contributed by atoms with van der Waals surface area (Å²) in [6.45, 7) is 1.69. The summed E-state index contributed by atoms with van der Waals surface area (Å²) in [4.78, 5) is 37.1. The maximum atomic E-state index is 11.6. The first-order valence-corrected chi connectivity index (χ1v) is 5.40. The molecule has 1 rings (SSSR count). The van der Waals surface area contributed by atoms with E-state index in [0.717, 1.165) is 0 Å². The van der Waals surface area contributed by atoms with Crippen LogP contribution < -0.4 is 16.4 Å². The summed E-state index contributed by atoms with van der Waals surface area (Å²) in [5.41, 5.74) is 5.93. The molecule has 0 fully saturated rings. The van der Waals surface area contributed by atoms with Crippen LogP contribution in [0.1, 0.15) is 12.1 Å². The summed E-state index contributed by atoms with van der Waals surface area (Å²) in [5.74, 6) is -2.15. The van der Waals surface area contributed by atoms with E-state index < -0.39 is 30.4 Å². The molecule has 0 saturated carbocycles. The number of carbonyl (C=O) groups excluding carboxylic acids is 2. The number of aryl methyl sites for hydroxylation is 1. The third kappa shape index (κ3) is 4.62. The third-order valence-electron chi connectivity index (χ3n) is 2.26. The van der Waals surface area contributed by atoms with Gasteiger partial charge in [-0.25, -0.2) is 9.59 Å². The predicted octanol–water partition coefficient (Wildman–Crippen LogP) is -0.160. The Morgan fingerprint density at radius 2 is 2.16 bits per heavy atom. The standard InChI is InChI=1S/C11H14N4O4/c1-6-7(3-2-4-13-6)14-11(19)15-8(10(17)18)5-9(12)16/h2-4,8H,5H2,1H3,(H2,12,16)(H,17,18)(H2,14,15,19)/t8-/m0/s1. The van der Waals surface area contributed by atoms with Gasteiger partial charge in [-0.1, -0.05) is 0 Å². The number of urea groups is 1. The Kier molecular flexibility index (Phi) is 4.81. The van der Waals surface area contributed by atoms with Crippen molar-refractivity contribution in [2.24, 2.45) is 5.73 Å². The molecule has 0 spiro atoms. The van der Waals surface area contributed by atoms with E-state index in [1.165, 1.54) is 0 Å². The van der Waals surface area contributed by atoms with Gasteiger partial charge < -0.3 is 21.5 Å². The molecule has 1 aromatic heterocycles. The van der Waals surface area contributed by atoms with Gasteiger partial charge >= 0.3 is 12.0 Å². The molecular weight excluding hydrogens is 252 g/mol. The summed E-state index contributed by atoms with van der Waals surface area (Å²) in [5, 5.41) is 13.4. The molecule has 1 heterocycles. The van der Waals surface area contributed by atoms with Crippen LogP contribution in [-0.2, 0) is 9.59 Å². The number of carboxylic acids is 1. The van der Waals surface area contributed by atoms with Crippen LogP contribution in [-0.4, -0.2) is 34.0 Å². The van der Waals surface area contributed by atoms with Crippen LogP contribution in [0, 0.1) is 6.92 Å². The number of aliphatic carboxylic acids is 1. The van der Waals surface area contributed by atoms with Crippen molar-refractivity contribution in [2.45, 2.75) is 19.4 Å². The van der Waals surface area contributed by atoms with Gasteiger partial charge in [0.1, 0.15) is 6.04 Å². The van der Waals surface area contributed by atoms with E-state index >= 15 is 0 Å². The SMILES string of the molecule is Cc1ncccc1NC(=O)N[C@@H](CC(N)=O)C(=O)O. The Morgan fingerprint density at radius 1 is 1.47 bits per heavy atom. The van der Waals surface area contributed by atoms with Gasteiger partial charge in [-0.3, -0.25) is 9.78 Å². The zero-order valence-electron chi connectivity index (χ0n) is 10.2. The number of carboxylic acid groups (broad SMARTS) is 1. The molecule has 102 valence electrons. The van der Waals surface area contributed by atoms with Gasteiger partial charge in [0, 0.05) is 6.20 Å². The Bertz CT molecular complexity index is 503. The number of anilines is 1. The van der Waals surface area contributed by atoms with Gasteiger partial charge in [-0.2, -0.15) is 0 Å². The molecule has 5 N–H and O–H groups in total. The molecule has 0 aliphatic carbocycles. The highest BCUT2D eigenvalue weighted by molar-refractivity contribution is 5.94. The normalized spacial score (nSPS) is 11.4. The lowest BCUT2D eigenvalue weighted by molar-refractivity contribution is -0.140. The molecule has 0 saturated heterocycles. The van der Waals surface area contributed by atoms with Crippen LogP contribution in [0.2, 0.25) is 0 Å². The molecule has 1 aromatic rings. The summed E-state index contributed by atoms with van der Waals surface area (Å²) >= 11 is 0. The van der Waals surface area contributed by atoms with Gasteiger partial charge in [-0.05, 0) is 19.1 Å². The first-order chi connectivity index (χ1) is 8.90. The number of nitrogens with zero attached hydrogens (tertiary/aromatic N) is 1. The molecule has 0 radical (unpaired) electrons. The fourth-order valence-electron chi connectivity index (χ4n) is 1.33. The summed E-state index contributed by atoms with van der Waals surface area (Å²) in [6, 6.07) is 1.13. The number of hydrogen-bond acceptors (Lipinski definition) is 4. The second kappa shape index (κ2) is 6.34. The van der Waals surface area contributed by atoms with Crippen LogP contribution in [0.4, 0.5) is 10.5 Å². The van der Waals surface area contributed by atoms with Crippen molar-refractivity contribution in [3.8, 4) is 0 Å². The number of primary amides is 1. The van der Waals surface area contributed by atoms with Crippen LogP contribution in [0.3, 0.4) is 0 Å². The number of aromatic nitrogens is 1. The smallest absolute Gasteiger partial charge is 0.326 e. The van der Waals surface area contributed by atoms with E-state index in [1.54, 1.807) is 25.3 Å². The predicted molar refractivity (Wildman–Crippen MR) is 66.4 cm³/mol. The third-order valence-corrected chi connectivity index (χ3v) is 2.26.